The van der Waals surface area contributed by atoms with Crippen LogP contribution >= 0.6 is 0 Å². The Labute approximate surface area is 114 Å². The number of aryl methyl sites for hydroxylation is 2. The van der Waals surface area contributed by atoms with Crippen LogP contribution in [-0.4, -0.2) is 9.55 Å². The van der Waals surface area contributed by atoms with Crippen LogP contribution in [-0.2, 0) is 13.2 Å². The second-order valence-electron chi connectivity index (χ2n) is 4.79. The lowest BCUT2D eigenvalue weighted by atomic mass is 10.1. The van der Waals surface area contributed by atoms with Crippen molar-refractivity contribution >= 4 is 0 Å². The quantitative estimate of drug-likeness (QED) is 0.898. The Morgan fingerprint density at radius 3 is 2.89 bits per heavy atom. The maximum Gasteiger partial charge on any atom is 0.130 e. The Morgan fingerprint density at radius 1 is 1.42 bits per heavy atom. The Balaban J connectivity index is 2.17. The first-order valence-electron chi connectivity index (χ1n) is 6.59. The van der Waals surface area contributed by atoms with Gasteiger partial charge in [0.25, 0.3) is 0 Å². The van der Waals surface area contributed by atoms with Gasteiger partial charge in [-0.25, -0.2) is 4.98 Å². The van der Waals surface area contributed by atoms with Gasteiger partial charge in [0.1, 0.15) is 12.4 Å². The van der Waals surface area contributed by atoms with Crippen molar-refractivity contribution in [3.63, 3.8) is 0 Å². The smallest absolute Gasteiger partial charge is 0.130 e. The molecule has 19 heavy (non-hydrogen) atoms. The minimum Gasteiger partial charge on any atom is -0.487 e. The van der Waals surface area contributed by atoms with Crippen molar-refractivity contribution in [3.8, 4) is 5.75 Å². The second kappa shape index (κ2) is 5.89. The molecule has 0 bridgehead atoms. The van der Waals surface area contributed by atoms with Gasteiger partial charge >= 0.3 is 0 Å². The minimum absolute atomic E-state index is 0.0355. The molecule has 2 N–H and O–H groups in total. The molecule has 4 heteroatoms. The van der Waals surface area contributed by atoms with E-state index in [0.717, 1.165) is 23.6 Å². The Bertz CT molecular complexity index is 546. The molecular weight excluding hydrogens is 238 g/mol. The van der Waals surface area contributed by atoms with E-state index < -0.39 is 0 Å². The lowest BCUT2D eigenvalue weighted by Crippen LogP contribution is -2.09. The van der Waals surface area contributed by atoms with E-state index in [9.17, 15) is 0 Å². The summed E-state index contributed by atoms with van der Waals surface area (Å²) < 4.78 is 8.00. The number of nitrogens with zero attached hydrogens (tertiary/aromatic N) is 2. The Kier molecular flexibility index (Phi) is 4.22. The molecule has 0 aliphatic rings. The minimum atomic E-state index is -0.0355. The number of hydrogen-bond donors (Lipinski definition) is 1. The summed E-state index contributed by atoms with van der Waals surface area (Å²) in [5, 5.41) is 0. The normalized spacial score (nSPS) is 12.4. The monoisotopic (exact) mass is 259 g/mol. The zero-order valence-electron chi connectivity index (χ0n) is 11.8. The molecule has 0 aliphatic carbocycles. The summed E-state index contributed by atoms with van der Waals surface area (Å²) >= 11 is 0. The molecule has 0 amide bonds. The van der Waals surface area contributed by atoms with Crippen molar-refractivity contribution in [2.45, 2.75) is 40.0 Å². The summed E-state index contributed by atoms with van der Waals surface area (Å²) in [6.45, 7) is 7.51. The third-order valence-corrected chi connectivity index (χ3v) is 3.17. The van der Waals surface area contributed by atoms with E-state index in [1.165, 1.54) is 5.56 Å². The molecule has 0 radical (unpaired) electrons. The molecule has 0 aliphatic heterocycles. The molecule has 0 unspecified atom stereocenters. The van der Waals surface area contributed by atoms with E-state index in [1.54, 1.807) is 0 Å². The van der Waals surface area contributed by atoms with E-state index in [0.29, 0.717) is 6.61 Å². The van der Waals surface area contributed by atoms with Crippen molar-refractivity contribution in [2.24, 2.45) is 5.73 Å². The summed E-state index contributed by atoms with van der Waals surface area (Å²) in [7, 11) is 0. The molecule has 4 nitrogen and oxygen atoms in total. The SMILES string of the molecule is CCn1cncc1COc1cc(C)ccc1[C@H](C)N. The number of imidazole rings is 1. The fraction of sp³-hybridized carbons (Fsp3) is 0.400. The van der Waals surface area contributed by atoms with Crippen molar-refractivity contribution in [1.82, 2.24) is 9.55 Å². The van der Waals surface area contributed by atoms with Gasteiger partial charge in [0.15, 0.2) is 0 Å². The van der Waals surface area contributed by atoms with Gasteiger partial charge in [-0.1, -0.05) is 12.1 Å². The maximum absolute atomic E-state index is 5.97. The highest BCUT2D eigenvalue weighted by Gasteiger charge is 2.09. The third kappa shape index (κ3) is 3.15. The van der Waals surface area contributed by atoms with Crippen LogP contribution in [0.25, 0.3) is 0 Å². The van der Waals surface area contributed by atoms with Gasteiger partial charge in [-0.2, -0.15) is 0 Å². The van der Waals surface area contributed by atoms with Gasteiger partial charge in [-0.05, 0) is 32.4 Å². The lowest BCUT2D eigenvalue weighted by molar-refractivity contribution is 0.291. The predicted octanol–water partition coefficient (Wildman–Crippen LogP) is 2.81. The maximum atomic E-state index is 5.97. The molecule has 2 rings (SSSR count). The zero-order chi connectivity index (χ0) is 13.8. The summed E-state index contributed by atoms with van der Waals surface area (Å²) in [5.74, 6) is 0.860. The molecule has 1 heterocycles. The number of rotatable bonds is 5. The van der Waals surface area contributed by atoms with E-state index in [-0.39, 0.29) is 6.04 Å². The van der Waals surface area contributed by atoms with E-state index in [2.05, 4.69) is 22.5 Å². The van der Waals surface area contributed by atoms with Crippen molar-refractivity contribution in [2.75, 3.05) is 0 Å². The van der Waals surface area contributed by atoms with Crippen LogP contribution in [0, 0.1) is 6.92 Å². The molecule has 0 saturated heterocycles. The Morgan fingerprint density at radius 2 is 2.21 bits per heavy atom. The van der Waals surface area contributed by atoms with Crippen LogP contribution in [0.5, 0.6) is 5.75 Å². The number of hydrogen-bond acceptors (Lipinski definition) is 3. The molecule has 0 spiro atoms. The standard InChI is InChI=1S/C15H21N3O/c1-4-18-10-17-8-13(18)9-19-15-7-11(2)5-6-14(15)12(3)16/h5-8,10,12H,4,9,16H2,1-3H3/t12-/m0/s1. The predicted molar refractivity (Wildman–Crippen MR) is 76.0 cm³/mol. The first-order chi connectivity index (χ1) is 9.11. The van der Waals surface area contributed by atoms with Crippen LogP contribution in [0.3, 0.4) is 0 Å². The number of benzene rings is 1. The average Bonchev–Trinajstić information content (AvgIpc) is 2.83. The van der Waals surface area contributed by atoms with Crippen molar-refractivity contribution < 1.29 is 4.74 Å². The van der Waals surface area contributed by atoms with Gasteiger partial charge in [0.2, 0.25) is 0 Å². The fourth-order valence-electron chi connectivity index (χ4n) is 2.05. The van der Waals surface area contributed by atoms with Gasteiger partial charge in [0.05, 0.1) is 18.2 Å². The molecule has 1 atom stereocenters. The van der Waals surface area contributed by atoms with Crippen molar-refractivity contribution in [3.05, 3.63) is 47.5 Å². The summed E-state index contributed by atoms with van der Waals surface area (Å²) in [4.78, 5) is 4.14. The van der Waals surface area contributed by atoms with Crippen LogP contribution in [0.1, 0.15) is 36.7 Å². The van der Waals surface area contributed by atoms with Crippen molar-refractivity contribution in [1.29, 1.82) is 0 Å². The van der Waals surface area contributed by atoms with Crippen LogP contribution in [0.4, 0.5) is 0 Å². The molecule has 2 aromatic rings. The number of ether oxygens (including phenoxy) is 1. The van der Waals surface area contributed by atoms with E-state index >= 15 is 0 Å². The first kappa shape index (κ1) is 13.6. The highest BCUT2D eigenvalue weighted by molar-refractivity contribution is 5.39. The van der Waals surface area contributed by atoms with Crippen LogP contribution < -0.4 is 10.5 Å². The molecule has 102 valence electrons. The van der Waals surface area contributed by atoms with Gasteiger partial charge in [-0.3, -0.25) is 0 Å². The van der Waals surface area contributed by atoms with Crippen LogP contribution in [0.2, 0.25) is 0 Å². The van der Waals surface area contributed by atoms with Crippen LogP contribution in [0.15, 0.2) is 30.7 Å². The molecular formula is C15H21N3O. The summed E-state index contributed by atoms with van der Waals surface area (Å²) in [6.07, 6.45) is 3.66. The largest absolute Gasteiger partial charge is 0.487 e. The third-order valence-electron chi connectivity index (χ3n) is 3.17. The average molecular weight is 259 g/mol. The Hall–Kier alpha value is -1.81. The molecule has 0 saturated carbocycles. The topological polar surface area (TPSA) is 53.1 Å². The highest BCUT2D eigenvalue weighted by atomic mass is 16.5. The number of aromatic nitrogens is 2. The molecule has 1 aromatic heterocycles. The first-order valence-corrected chi connectivity index (χ1v) is 6.59. The molecule has 1 aromatic carbocycles. The van der Waals surface area contributed by atoms with E-state index in [4.69, 9.17) is 10.5 Å². The van der Waals surface area contributed by atoms with E-state index in [1.807, 2.05) is 38.5 Å². The number of nitrogens with two attached hydrogens (primary N) is 1. The zero-order valence-corrected chi connectivity index (χ0v) is 11.8. The summed E-state index contributed by atoms with van der Waals surface area (Å²) in [5.41, 5.74) is 9.25. The highest BCUT2D eigenvalue weighted by Crippen LogP contribution is 2.25. The second-order valence-corrected chi connectivity index (χ2v) is 4.79. The molecule has 0 fully saturated rings. The van der Waals surface area contributed by atoms with Gasteiger partial charge in [0, 0.05) is 18.2 Å². The van der Waals surface area contributed by atoms with Gasteiger partial charge in [-0.15, -0.1) is 0 Å². The fourth-order valence-corrected chi connectivity index (χ4v) is 2.05. The lowest BCUT2D eigenvalue weighted by Gasteiger charge is -2.15. The summed E-state index contributed by atoms with van der Waals surface area (Å²) in [6, 6.07) is 6.09. The van der Waals surface area contributed by atoms with Gasteiger partial charge < -0.3 is 15.0 Å².